The maximum atomic E-state index is 12.2. The lowest BCUT2D eigenvalue weighted by atomic mass is 10.1. The number of benzene rings is 1. The fraction of sp³-hybridized carbons (Fsp3) is 0.526. The molecule has 0 saturated carbocycles. The molecular formula is C19H28N2O5. The van der Waals surface area contributed by atoms with Crippen LogP contribution in [0.5, 0.6) is 0 Å². The maximum Gasteiger partial charge on any atom is 0.337 e. The van der Waals surface area contributed by atoms with Crippen molar-refractivity contribution in [2.75, 3.05) is 24.3 Å². The predicted octanol–water partition coefficient (Wildman–Crippen LogP) is 3.36. The van der Waals surface area contributed by atoms with Crippen LogP contribution in [0.4, 0.5) is 11.4 Å². The van der Waals surface area contributed by atoms with Crippen LogP contribution >= 0.6 is 0 Å². The lowest BCUT2D eigenvalue weighted by Gasteiger charge is -2.19. The largest absolute Gasteiger partial charge is 0.465 e. The summed E-state index contributed by atoms with van der Waals surface area (Å²) >= 11 is 0. The van der Waals surface area contributed by atoms with Crippen molar-refractivity contribution in [1.82, 2.24) is 0 Å². The first-order chi connectivity index (χ1) is 12.2. The molecule has 0 fully saturated rings. The summed E-state index contributed by atoms with van der Waals surface area (Å²) in [5, 5.41) is 5.90. The highest BCUT2D eigenvalue weighted by Crippen LogP contribution is 2.24. The van der Waals surface area contributed by atoms with Crippen LogP contribution in [0, 0.1) is 0 Å². The molecule has 0 bridgehead atoms. The average molecular weight is 364 g/mol. The van der Waals surface area contributed by atoms with Gasteiger partial charge in [-0.1, -0.05) is 0 Å². The molecule has 2 N–H and O–H groups in total. The number of amides is 1. The minimum atomic E-state index is -0.533. The molecule has 0 aromatic heterocycles. The predicted molar refractivity (Wildman–Crippen MR) is 100 cm³/mol. The Hall–Kier alpha value is -2.57. The molecule has 0 atom stereocenters. The molecule has 7 heteroatoms. The van der Waals surface area contributed by atoms with Crippen LogP contribution in [0.25, 0.3) is 0 Å². The van der Waals surface area contributed by atoms with Gasteiger partial charge < -0.3 is 20.1 Å². The molecule has 1 amide bonds. The number of carbonyl (C=O) groups is 3. The van der Waals surface area contributed by atoms with Gasteiger partial charge in [-0.05, 0) is 52.3 Å². The summed E-state index contributed by atoms with van der Waals surface area (Å²) in [4.78, 5) is 35.5. The fourth-order valence-corrected chi connectivity index (χ4v) is 2.24. The van der Waals surface area contributed by atoms with E-state index in [2.05, 4.69) is 10.6 Å². The highest BCUT2D eigenvalue weighted by Gasteiger charge is 2.17. The molecule has 0 aliphatic carbocycles. The molecule has 0 radical (unpaired) electrons. The average Bonchev–Trinajstić information content (AvgIpc) is 2.54. The van der Waals surface area contributed by atoms with E-state index < -0.39 is 11.6 Å². The van der Waals surface area contributed by atoms with E-state index in [1.165, 1.54) is 7.11 Å². The van der Waals surface area contributed by atoms with Gasteiger partial charge in [-0.15, -0.1) is 0 Å². The van der Waals surface area contributed by atoms with Crippen molar-refractivity contribution in [2.24, 2.45) is 0 Å². The van der Waals surface area contributed by atoms with Gasteiger partial charge in [-0.2, -0.15) is 0 Å². The van der Waals surface area contributed by atoms with Crippen LogP contribution in [-0.4, -0.2) is 37.1 Å². The molecule has 7 nitrogen and oxygen atoms in total. The van der Waals surface area contributed by atoms with Crippen LogP contribution in [0.15, 0.2) is 18.2 Å². The molecule has 0 heterocycles. The Morgan fingerprint density at radius 2 is 1.77 bits per heavy atom. The topological polar surface area (TPSA) is 93.7 Å². The van der Waals surface area contributed by atoms with Gasteiger partial charge in [0.05, 0.1) is 24.0 Å². The van der Waals surface area contributed by atoms with Crippen LogP contribution in [0.1, 0.15) is 57.3 Å². The molecule has 26 heavy (non-hydrogen) atoms. The van der Waals surface area contributed by atoms with Gasteiger partial charge in [-0.25, -0.2) is 4.79 Å². The molecule has 1 aromatic rings. The highest BCUT2D eigenvalue weighted by molar-refractivity contribution is 5.98. The van der Waals surface area contributed by atoms with E-state index in [4.69, 9.17) is 9.47 Å². The van der Waals surface area contributed by atoms with Gasteiger partial charge in [0.25, 0.3) is 0 Å². The Bertz CT molecular complexity index is 650. The number of methoxy groups -OCH3 is 1. The molecule has 1 rings (SSSR count). The van der Waals surface area contributed by atoms with E-state index in [-0.39, 0.29) is 24.7 Å². The summed E-state index contributed by atoms with van der Waals surface area (Å²) in [6, 6.07) is 4.91. The number of hydrogen-bond acceptors (Lipinski definition) is 6. The smallest absolute Gasteiger partial charge is 0.337 e. The molecule has 0 saturated heterocycles. The Morgan fingerprint density at radius 3 is 2.35 bits per heavy atom. The third kappa shape index (κ3) is 7.55. The van der Waals surface area contributed by atoms with Crippen LogP contribution in [-0.2, 0) is 19.1 Å². The third-order valence-electron chi connectivity index (χ3n) is 3.29. The van der Waals surface area contributed by atoms with Crippen LogP contribution in [0.3, 0.4) is 0 Å². The number of nitrogens with one attached hydrogen (secondary N) is 2. The number of esters is 2. The SMILES string of the molecule is CCNc1ccc(C(=O)OC)cc1NC(=O)CCCC(=O)OC(C)(C)C. The molecule has 144 valence electrons. The van der Waals surface area contributed by atoms with E-state index in [1.54, 1.807) is 39.0 Å². The standard InChI is InChI=1S/C19H28N2O5/c1-6-20-14-11-10-13(18(24)25-5)12-15(14)21-16(22)8-7-9-17(23)26-19(2,3)4/h10-12,20H,6-9H2,1-5H3,(H,21,22). The zero-order valence-electron chi connectivity index (χ0n) is 16.1. The van der Waals surface area contributed by atoms with Crippen molar-refractivity contribution in [2.45, 2.75) is 52.6 Å². The fourth-order valence-electron chi connectivity index (χ4n) is 2.24. The van der Waals surface area contributed by atoms with Gasteiger partial charge >= 0.3 is 11.9 Å². The van der Waals surface area contributed by atoms with Gasteiger partial charge in [0, 0.05) is 19.4 Å². The first-order valence-electron chi connectivity index (χ1n) is 8.64. The maximum absolute atomic E-state index is 12.2. The Labute approximate surface area is 154 Å². The number of rotatable bonds is 8. The van der Waals surface area contributed by atoms with Crippen molar-refractivity contribution < 1.29 is 23.9 Å². The van der Waals surface area contributed by atoms with Gasteiger partial charge in [0.15, 0.2) is 0 Å². The van der Waals surface area contributed by atoms with Gasteiger partial charge in [-0.3, -0.25) is 9.59 Å². The zero-order valence-corrected chi connectivity index (χ0v) is 16.1. The summed E-state index contributed by atoms with van der Waals surface area (Å²) in [6.07, 6.45) is 0.730. The minimum Gasteiger partial charge on any atom is -0.465 e. The van der Waals surface area contributed by atoms with E-state index in [0.29, 0.717) is 29.9 Å². The van der Waals surface area contributed by atoms with Crippen LogP contribution in [0.2, 0.25) is 0 Å². The Kier molecular flexibility index (Phi) is 8.09. The first-order valence-corrected chi connectivity index (χ1v) is 8.64. The molecule has 0 aliphatic heterocycles. The van der Waals surface area contributed by atoms with E-state index in [1.807, 2.05) is 6.92 Å². The van der Waals surface area contributed by atoms with Crippen molar-refractivity contribution in [3.05, 3.63) is 23.8 Å². The second-order valence-corrected chi connectivity index (χ2v) is 6.77. The minimum absolute atomic E-state index is 0.174. The monoisotopic (exact) mass is 364 g/mol. The summed E-state index contributed by atoms with van der Waals surface area (Å²) < 4.78 is 9.91. The van der Waals surface area contributed by atoms with Crippen molar-refractivity contribution in [3.8, 4) is 0 Å². The second-order valence-electron chi connectivity index (χ2n) is 6.77. The summed E-state index contributed by atoms with van der Waals surface area (Å²) in [5.74, 6) is -1.05. The molecule has 0 spiro atoms. The summed E-state index contributed by atoms with van der Waals surface area (Å²) in [7, 11) is 1.30. The first kappa shape index (κ1) is 21.5. The normalized spacial score (nSPS) is 10.8. The molecular weight excluding hydrogens is 336 g/mol. The Morgan fingerprint density at radius 1 is 1.08 bits per heavy atom. The number of anilines is 2. The molecule has 0 aliphatic rings. The van der Waals surface area contributed by atoms with E-state index >= 15 is 0 Å². The number of carbonyl (C=O) groups excluding carboxylic acids is 3. The lowest BCUT2D eigenvalue weighted by Crippen LogP contribution is -2.24. The quantitative estimate of drug-likeness (QED) is 0.687. The molecule has 1 aromatic carbocycles. The molecule has 0 unspecified atom stereocenters. The zero-order chi connectivity index (χ0) is 19.7. The second kappa shape index (κ2) is 9.79. The van der Waals surface area contributed by atoms with Gasteiger partial charge in [0.1, 0.15) is 5.60 Å². The third-order valence-corrected chi connectivity index (χ3v) is 3.29. The highest BCUT2D eigenvalue weighted by atomic mass is 16.6. The summed E-state index contributed by atoms with van der Waals surface area (Å²) in [5.41, 5.74) is 1.02. The lowest BCUT2D eigenvalue weighted by molar-refractivity contribution is -0.154. The van der Waals surface area contributed by atoms with Crippen molar-refractivity contribution >= 4 is 29.2 Å². The van der Waals surface area contributed by atoms with E-state index in [9.17, 15) is 14.4 Å². The number of ether oxygens (including phenoxy) is 2. The van der Waals surface area contributed by atoms with Crippen LogP contribution < -0.4 is 10.6 Å². The summed E-state index contributed by atoms with van der Waals surface area (Å²) in [6.45, 7) is 8.00. The van der Waals surface area contributed by atoms with Gasteiger partial charge in [0.2, 0.25) is 5.91 Å². The Balaban J connectivity index is 2.66. The van der Waals surface area contributed by atoms with Crippen molar-refractivity contribution in [3.63, 3.8) is 0 Å². The van der Waals surface area contributed by atoms with E-state index in [0.717, 1.165) is 0 Å². The number of hydrogen-bond donors (Lipinski definition) is 2. The van der Waals surface area contributed by atoms with Crippen molar-refractivity contribution in [1.29, 1.82) is 0 Å².